The van der Waals surface area contributed by atoms with Crippen LogP contribution >= 0.6 is 0 Å². The van der Waals surface area contributed by atoms with Crippen LogP contribution in [0.1, 0.15) is 72.6 Å². The molecular weight excluding hydrogens is 440 g/mol. The van der Waals surface area contributed by atoms with Gasteiger partial charge in [0, 0.05) is 24.2 Å². The number of fused-ring (bicyclic) bond motifs is 5. The lowest BCUT2D eigenvalue weighted by Crippen LogP contribution is -2.61. The van der Waals surface area contributed by atoms with Gasteiger partial charge in [-0.25, -0.2) is 0 Å². The van der Waals surface area contributed by atoms with Gasteiger partial charge in [0.25, 0.3) is 0 Å². The first-order valence-corrected chi connectivity index (χ1v) is 12.6. The Hall–Kier alpha value is -1.45. The molecule has 0 aromatic rings. The van der Waals surface area contributed by atoms with Gasteiger partial charge in [-0.15, -0.1) is 0 Å². The average Bonchev–Trinajstić information content (AvgIpc) is 3.04. The number of allylic oxidation sites excluding steroid dienone is 1. The second-order valence-corrected chi connectivity index (χ2v) is 10.9. The molecule has 2 N–H and O–H groups in total. The van der Waals surface area contributed by atoms with Crippen molar-refractivity contribution >= 4 is 17.3 Å². The maximum atomic E-state index is 13.7. The molecule has 0 unspecified atom stereocenters. The molecule has 3 saturated carbocycles. The summed E-state index contributed by atoms with van der Waals surface area (Å²) in [6.07, 6.45) is 3.08. The highest BCUT2D eigenvalue weighted by Gasteiger charge is 2.68. The number of aliphatic hydroxyl groups is 2. The molecule has 4 aliphatic rings. The minimum Gasteiger partial charge on any atom is -0.381 e. The molecule has 4 rings (SSSR count). The Balaban J connectivity index is 1.57. The number of Topliss-reactive ketones (excluding diaryl/α,β-unsaturated/α-hetero) is 2. The topological polar surface area (TPSA) is 119 Å². The predicted molar refractivity (Wildman–Crippen MR) is 121 cm³/mol. The summed E-state index contributed by atoms with van der Waals surface area (Å²) < 4.78 is 15.5. The summed E-state index contributed by atoms with van der Waals surface area (Å²) in [6, 6.07) is 0. The van der Waals surface area contributed by atoms with E-state index in [-0.39, 0.29) is 60.8 Å². The fourth-order valence-electron chi connectivity index (χ4n) is 7.61. The van der Waals surface area contributed by atoms with Gasteiger partial charge >= 0.3 is 6.16 Å². The third kappa shape index (κ3) is 3.82. The summed E-state index contributed by atoms with van der Waals surface area (Å²) in [6.45, 7) is 6.90. The van der Waals surface area contributed by atoms with Crippen molar-refractivity contribution in [3.63, 3.8) is 0 Å². The highest BCUT2D eigenvalue weighted by atomic mass is 17.0. The molecule has 0 aromatic heterocycles. The SMILES string of the molecule is CCOC(O)(OCC)OCC(=O)[C@@]1(O)CC[C@H]2[C@@H]3CCC4=CC(=O)CC[C@]4(C)[C@H]3C(=O)C[C@@]21C. The largest absolute Gasteiger partial charge is 0.410 e. The predicted octanol–water partition coefficient (Wildman–Crippen LogP) is 2.69. The van der Waals surface area contributed by atoms with Crippen LogP contribution in [0.4, 0.5) is 0 Å². The molecule has 6 atom stereocenters. The van der Waals surface area contributed by atoms with Crippen molar-refractivity contribution in [3.8, 4) is 0 Å². The monoisotopic (exact) mass is 478 g/mol. The lowest BCUT2D eigenvalue weighted by Gasteiger charge is -2.57. The third-order valence-corrected chi connectivity index (χ3v) is 9.31. The van der Waals surface area contributed by atoms with E-state index in [0.717, 1.165) is 18.4 Å². The van der Waals surface area contributed by atoms with Crippen LogP contribution in [0.2, 0.25) is 0 Å². The molecule has 0 heterocycles. The van der Waals surface area contributed by atoms with Gasteiger partial charge in [-0.05, 0) is 69.3 Å². The van der Waals surface area contributed by atoms with Crippen molar-refractivity contribution in [2.24, 2.45) is 28.6 Å². The number of carbonyl (C=O) groups is 3. The van der Waals surface area contributed by atoms with Crippen molar-refractivity contribution in [3.05, 3.63) is 11.6 Å². The molecule has 34 heavy (non-hydrogen) atoms. The van der Waals surface area contributed by atoms with E-state index in [1.54, 1.807) is 19.9 Å². The zero-order chi connectivity index (χ0) is 24.9. The molecular formula is C26H38O8. The second-order valence-electron chi connectivity index (χ2n) is 10.9. The van der Waals surface area contributed by atoms with Crippen molar-refractivity contribution in [2.45, 2.75) is 84.4 Å². The zero-order valence-electron chi connectivity index (χ0n) is 20.7. The first kappa shape index (κ1) is 25.6. The molecule has 3 fully saturated rings. The molecule has 0 saturated heterocycles. The van der Waals surface area contributed by atoms with E-state index in [1.807, 2.05) is 6.92 Å². The van der Waals surface area contributed by atoms with Crippen LogP contribution in [0.5, 0.6) is 0 Å². The second kappa shape index (κ2) is 8.89. The Labute approximate surface area is 201 Å². The van der Waals surface area contributed by atoms with Crippen LogP contribution in [-0.4, -0.2) is 59.1 Å². The smallest absolute Gasteiger partial charge is 0.381 e. The lowest BCUT2D eigenvalue weighted by molar-refractivity contribution is -0.481. The summed E-state index contributed by atoms with van der Waals surface area (Å²) in [5.74, 6) is -0.480. The van der Waals surface area contributed by atoms with E-state index in [4.69, 9.17) is 14.2 Å². The van der Waals surface area contributed by atoms with Gasteiger partial charge in [-0.2, -0.15) is 0 Å². The molecule has 0 radical (unpaired) electrons. The normalized spacial score (nSPS) is 39.8. The van der Waals surface area contributed by atoms with Gasteiger partial charge in [-0.3, -0.25) is 19.1 Å². The molecule has 4 aliphatic carbocycles. The summed E-state index contributed by atoms with van der Waals surface area (Å²) >= 11 is 0. The summed E-state index contributed by atoms with van der Waals surface area (Å²) in [5.41, 5.74) is -1.89. The van der Waals surface area contributed by atoms with E-state index >= 15 is 0 Å². The number of hydrogen-bond acceptors (Lipinski definition) is 8. The van der Waals surface area contributed by atoms with E-state index < -0.39 is 29.6 Å². The van der Waals surface area contributed by atoms with Gasteiger partial charge in [-0.1, -0.05) is 19.4 Å². The molecule has 8 heteroatoms. The average molecular weight is 479 g/mol. The van der Waals surface area contributed by atoms with Gasteiger partial charge in [0.1, 0.15) is 18.0 Å². The molecule has 0 amide bonds. The Morgan fingerprint density at radius 3 is 2.41 bits per heavy atom. The van der Waals surface area contributed by atoms with E-state index in [2.05, 4.69) is 6.92 Å². The van der Waals surface area contributed by atoms with Gasteiger partial charge in [0.05, 0.1) is 13.2 Å². The Morgan fingerprint density at radius 1 is 1.09 bits per heavy atom. The molecule has 0 bridgehead atoms. The van der Waals surface area contributed by atoms with Crippen LogP contribution in [0, 0.1) is 28.6 Å². The Bertz CT molecular complexity index is 889. The molecule has 0 aromatic carbocycles. The van der Waals surface area contributed by atoms with Crippen LogP contribution in [0.25, 0.3) is 0 Å². The first-order chi connectivity index (χ1) is 15.9. The number of carbonyl (C=O) groups excluding carboxylic acids is 3. The van der Waals surface area contributed by atoms with Crippen LogP contribution in [0.15, 0.2) is 11.6 Å². The molecule has 8 nitrogen and oxygen atoms in total. The molecule has 0 aliphatic heterocycles. The van der Waals surface area contributed by atoms with E-state index in [9.17, 15) is 24.6 Å². The molecule has 190 valence electrons. The maximum Gasteiger partial charge on any atom is 0.410 e. The number of hydrogen-bond donors (Lipinski definition) is 2. The third-order valence-electron chi connectivity index (χ3n) is 9.31. The standard InChI is InChI=1S/C26H38O8/c1-5-32-26(31,33-6-2)34-15-21(29)25(30)12-10-19-18-8-7-16-13-17(27)9-11-23(16,3)22(18)20(28)14-24(19,25)4/h13,18-19,22,30-31H,5-12,14-15H2,1-4H3/t18-,19-,22+,23-,24-,25-/m0/s1. The highest BCUT2D eigenvalue weighted by molar-refractivity contribution is 5.94. The summed E-state index contributed by atoms with van der Waals surface area (Å²) in [7, 11) is 0. The van der Waals surface area contributed by atoms with Crippen molar-refractivity contribution in [1.29, 1.82) is 0 Å². The molecule has 0 spiro atoms. The fraction of sp³-hybridized carbons (Fsp3) is 0.808. The Morgan fingerprint density at radius 2 is 1.76 bits per heavy atom. The zero-order valence-corrected chi connectivity index (χ0v) is 20.7. The first-order valence-electron chi connectivity index (χ1n) is 12.6. The minimum atomic E-state index is -2.36. The fourth-order valence-corrected chi connectivity index (χ4v) is 7.61. The van der Waals surface area contributed by atoms with Crippen LogP contribution in [-0.2, 0) is 28.6 Å². The van der Waals surface area contributed by atoms with Gasteiger partial charge in [0.15, 0.2) is 11.6 Å². The van der Waals surface area contributed by atoms with Crippen molar-refractivity contribution < 1.29 is 38.8 Å². The van der Waals surface area contributed by atoms with Gasteiger partial charge < -0.3 is 19.7 Å². The van der Waals surface area contributed by atoms with Gasteiger partial charge in [0.2, 0.25) is 0 Å². The Kier molecular flexibility index (Phi) is 6.70. The summed E-state index contributed by atoms with van der Waals surface area (Å²) in [5, 5.41) is 22.1. The van der Waals surface area contributed by atoms with Crippen molar-refractivity contribution in [2.75, 3.05) is 19.8 Å². The quantitative estimate of drug-likeness (QED) is 0.511. The lowest BCUT2D eigenvalue weighted by atomic mass is 9.46. The number of rotatable bonds is 8. The van der Waals surface area contributed by atoms with E-state index in [0.29, 0.717) is 19.3 Å². The maximum absolute atomic E-state index is 13.7. The number of ether oxygens (including phenoxy) is 3. The van der Waals surface area contributed by atoms with Crippen LogP contribution < -0.4 is 0 Å². The minimum absolute atomic E-state index is 0.0119. The van der Waals surface area contributed by atoms with Crippen LogP contribution in [0.3, 0.4) is 0 Å². The highest BCUT2D eigenvalue weighted by Crippen LogP contribution is 2.66. The van der Waals surface area contributed by atoms with Crippen molar-refractivity contribution in [1.82, 2.24) is 0 Å². The van der Waals surface area contributed by atoms with E-state index in [1.165, 1.54) is 0 Å². The number of ketones is 3. The summed E-state index contributed by atoms with van der Waals surface area (Å²) in [4.78, 5) is 39.0.